The van der Waals surface area contributed by atoms with Crippen LogP contribution in [0.1, 0.15) is 55.5 Å². The molecule has 6 heteroatoms. The van der Waals surface area contributed by atoms with Crippen molar-refractivity contribution in [1.82, 2.24) is 5.32 Å². The lowest BCUT2D eigenvalue weighted by Crippen LogP contribution is -2.41. The first-order valence-electron chi connectivity index (χ1n) is 11.1. The van der Waals surface area contributed by atoms with E-state index < -0.39 is 24.4 Å². The van der Waals surface area contributed by atoms with Crippen molar-refractivity contribution in [1.29, 1.82) is 0 Å². The Kier molecular flexibility index (Phi) is 7.16. The van der Waals surface area contributed by atoms with Gasteiger partial charge in [-0.25, -0.2) is 4.79 Å². The molecule has 2 aromatic carbocycles. The van der Waals surface area contributed by atoms with Gasteiger partial charge >= 0.3 is 13.2 Å². The Balaban J connectivity index is 1.79. The monoisotopic (exact) mass is 435 g/mol. The van der Waals surface area contributed by atoms with Gasteiger partial charge in [0, 0.05) is 6.54 Å². The van der Waals surface area contributed by atoms with Gasteiger partial charge in [0.1, 0.15) is 6.61 Å². The zero-order chi connectivity index (χ0) is 23.5. The highest BCUT2D eigenvalue weighted by molar-refractivity contribution is 6.56. The minimum Gasteiger partial charge on any atom is -0.445 e. The van der Waals surface area contributed by atoms with E-state index in [4.69, 9.17) is 14.0 Å². The summed E-state index contributed by atoms with van der Waals surface area (Å²) in [6.07, 6.45) is 1.60. The molecular formula is C26H34BNO4. The summed E-state index contributed by atoms with van der Waals surface area (Å²) < 4.78 is 17.9. The zero-order valence-corrected chi connectivity index (χ0v) is 20.2. The molecule has 0 saturated carbocycles. The van der Waals surface area contributed by atoms with Crippen molar-refractivity contribution in [3.8, 4) is 0 Å². The molecule has 1 saturated heterocycles. The first-order valence-corrected chi connectivity index (χ1v) is 11.1. The van der Waals surface area contributed by atoms with Gasteiger partial charge in [0.2, 0.25) is 0 Å². The van der Waals surface area contributed by atoms with Crippen LogP contribution in [0.2, 0.25) is 0 Å². The number of ether oxygens (including phenoxy) is 1. The molecule has 0 aliphatic carbocycles. The summed E-state index contributed by atoms with van der Waals surface area (Å²) in [5.74, 6) is 0. The average Bonchev–Trinajstić information content (AvgIpc) is 2.93. The smallest absolute Gasteiger partial charge is 0.445 e. The Bertz CT molecular complexity index is 959. The Labute approximate surface area is 192 Å². The highest BCUT2D eigenvalue weighted by Crippen LogP contribution is 2.39. The van der Waals surface area contributed by atoms with Crippen molar-refractivity contribution in [3.05, 3.63) is 75.8 Å². The molecule has 1 N–H and O–H groups in total. The molecule has 1 aliphatic heterocycles. The van der Waals surface area contributed by atoms with Crippen molar-refractivity contribution < 1.29 is 18.8 Å². The van der Waals surface area contributed by atoms with Gasteiger partial charge in [-0.1, -0.05) is 54.1 Å². The molecule has 3 rings (SSSR count). The standard InChI is InChI=1S/C26H34BNO4/c1-18-13-19(2)23(20(3)14-18)15-22(27-31-25(4,5)26(6,7)32-27)16-28-24(29)30-17-21-11-9-8-10-12-21/h8-15H,16-17H2,1-7H3,(H,28,29). The second-order valence-electron chi connectivity index (χ2n) is 9.54. The van der Waals surface area contributed by atoms with Crippen molar-refractivity contribution in [2.75, 3.05) is 6.54 Å². The topological polar surface area (TPSA) is 56.8 Å². The van der Waals surface area contributed by atoms with Crippen LogP contribution in [0, 0.1) is 20.8 Å². The van der Waals surface area contributed by atoms with Crippen LogP contribution >= 0.6 is 0 Å². The van der Waals surface area contributed by atoms with E-state index in [0.29, 0.717) is 0 Å². The lowest BCUT2D eigenvalue weighted by molar-refractivity contribution is 0.00578. The Morgan fingerprint density at radius 1 is 1.00 bits per heavy atom. The summed E-state index contributed by atoms with van der Waals surface area (Å²) in [5, 5.41) is 2.87. The molecule has 0 aromatic heterocycles. The summed E-state index contributed by atoms with van der Waals surface area (Å²) >= 11 is 0. The maximum Gasteiger partial charge on any atom is 0.492 e. The fourth-order valence-electron chi connectivity index (χ4n) is 3.75. The third kappa shape index (κ3) is 5.61. The highest BCUT2D eigenvalue weighted by atomic mass is 16.7. The maximum absolute atomic E-state index is 12.4. The Hall–Kier alpha value is -2.57. The van der Waals surface area contributed by atoms with E-state index in [0.717, 1.165) is 16.6 Å². The van der Waals surface area contributed by atoms with Gasteiger partial charge in [-0.3, -0.25) is 0 Å². The van der Waals surface area contributed by atoms with Crippen molar-refractivity contribution in [2.24, 2.45) is 0 Å². The molecule has 0 spiro atoms. The quantitative estimate of drug-likeness (QED) is 0.605. The zero-order valence-electron chi connectivity index (χ0n) is 20.2. The van der Waals surface area contributed by atoms with Crippen LogP contribution in [0.4, 0.5) is 4.79 Å². The van der Waals surface area contributed by atoms with E-state index >= 15 is 0 Å². The second kappa shape index (κ2) is 9.51. The molecule has 1 aliphatic rings. The minimum atomic E-state index is -0.561. The van der Waals surface area contributed by atoms with Crippen LogP contribution in [-0.2, 0) is 20.7 Å². The Morgan fingerprint density at radius 2 is 1.56 bits per heavy atom. The van der Waals surface area contributed by atoms with Gasteiger partial charge < -0.3 is 19.4 Å². The number of aryl methyl sites for hydroxylation is 3. The van der Waals surface area contributed by atoms with Gasteiger partial charge in [0.25, 0.3) is 0 Å². The lowest BCUT2D eigenvalue weighted by Gasteiger charge is -2.32. The molecule has 0 unspecified atom stereocenters. The molecule has 0 atom stereocenters. The molecule has 2 aromatic rings. The number of amides is 1. The van der Waals surface area contributed by atoms with E-state index in [1.54, 1.807) is 0 Å². The number of alkyl carbamates (subject to hydrolysis) is 1. The largest absolute Gasteiger partial charge is 0.492 e. The number of nitrogens with one attached hydrogen (secondary N) is 1. The van der Waals surface area contributed by atoms with Crippen LogP contribution < -0.4 is 5.32 Å². The van der Waals surface area contributed by atoms with Crippen molar-refractivity contribution in [3.63, 3.8) is 0 Å². The molecule has 170 valence electrons. The van der Waals surface area contributed by atoms with Crippen LogP contribution in [0.15, 0.2) is 47.9 Å². The first-order chi connectivity index (χ1) is 15.0. The first kappa shape index (κ1) is 24.1. The summed E-state index contributed by atoms with van der Waals surface area (Å²) in [6, 6.07) is 13.9. The van der Waals surface area contributed by atoms with Crippen LogP contribution in [0.5, 0.6) is 0 Å². The van der Waals surface area contributed by atoms with E-state index in [-0.39, 0.29) is 13.2 Å². The average molecular weight is 435 g/mol. The number of hydrogen-bond donors (Lipinski definition) is 1. The van der Waals surface area contributed by atoms with Gasteiger partial charge in [0.15, 0.2) is 0 Å². The second-order valence-corrected chi connectivity index (χ2v) is 9.54. The fourth-order valence-corrected chi connectivity index (χ4v) is 3.75. The van der Waals surface area contributed by atoms with Crippen LogP contribution in [0.3, 0.4) is 0 Å². The number of hydrogen-bond acceptors (Lipinski definition) is 4. The Morgan fingerprint density at radius 3 is 2.12 bits per heavy atom. The third-order valence-corrected chi connectivity index (χ3v) is 6.27. The van der Waals surface area contributed by atoms with Crippen molar-refractivity contribution in [2.45, 2.75) is 66.3 Å². The van der Waals surface area contributed by atoms with E-state index in [2.05, 4.69) is 44.3 Å². The molecule has 1 amide bonds. The summed E-state index contributed by atoms with van der Waals surface area (Å²) in [4.78, 5) is 12.4. The van der Waals surface area contributed by atoms with Crippen LogP contribution in [-0.4, -0.2) is 31.0 Å². The SMILES string of the molecule is Cc1cc(C)c(C=C(CNC(=O)OCc2ccccc2)B2OC(C)(C)C(C)(C)O2)c(C)c1. The highest BCUT2D eigenvalue weighted by Gasteiger charge is 2.52. The molecule has 0 bridgehead atoms. The number of benzene rings is 2. The summed E-state index contributed by atoms with van der Waals surface area (Å²) in [6.45, 7) is 14.8. The van der Waals surface area contributed by atoms with E-state index in [1.165, 1.54) is 16.7 Å². The molecule has 0 radical (unpaired) electrons. The fraction of sp³-hybridized carbons (Fsp3) is 0.423. The molecule has 1 heterocycles. The molecular weight excluding hydrogens is 401 g/mol. The predicted octanol–water partition coefficient (Wildman–Crippen LogP) is 5.55. The normalized spacial score (nSPS) is 17.3. The predicted molar refractivity (Wildman–Crippen MR) is 129 cm³/mol. The van der Waals surface area contributed by atoms with Crippen LogP contribution in [0.25, 0.3) is 6.08 Å². The van der Waals surface area contributed by atoms with Gasteiger partial charge in [-0.2, -0.15) is 0 Å². The number of carbonyl (C=O) groups excluding carboxylic acids is 1. The molecule has 5 nitrogen and oxygen atoms in total. The van der Waals surface area contributed by atoms with Gasteiger partial charge in [-0.15, -0.1) is 0 Å². The number of carbonyl (C=O) groups is 1. The summed E-state index contributed by atoms with van der Waals surface area (Å²) in [5.41, 5.74) is 5.51. The number of rotatable bonds is 6. The lowest BCUT2D eigenvalue weighted by atomic mass is 9.76. The molecule has 1 fully saturated rings. The van der Waals surface area contributed by atoms with Crippen molar-refractivity contribution >= 4 is 19.3 Å². The van der Waals surface area contributed by atoms with E-state index in [1.807, 2.05) is 58.0 Å². The van der Waals surface area contributed by atoms with Gasteiger partial charge in [0.05, 0.1) is 11.2 Å². The van der Waals surface area contributed by atoms with E-state index in [9.17, 15) is 4.79 Å². The van der Waals surface area contributed by atoms with Gasteiger partial charge in [-0.05, 0) is 76.2 Å². The molecule has 32 heavy (non-hydrogen) atoms. The summed E-state index contributed by atoms with van der Waals surface area (Å²) in [7, 11) is -0.561. The maximum atomic E-state index is 12.4. The minimum absolute atomic E-state index is 0.221. The third-order valence-electron chi connectivity index (χ3n) is 6.27.